The van der Waals surface area contributed by atoms with E-state index in [2.05, 4.69) is 225 Å². The minimum atomic E-state index is -0.466. The molecule has 5 aromatic carbocycles. The number of pyridine rings is 1. The van der Waals surface area contributed by atoms with Crippen LogP contribution in [0.15, 0.2) is 90.1 Å². The van der Waals surface area contributed by atoms with E-state index >= 15 is 0 Å². The van der Waals surface area contributed by atoms with Gasteiger partial charge in [0.05, 0.1) is 16.9 Å². The molecule has 5 nitrogen and oxygen atoms in total. The molecule has 3 aliphatic rings. The smallest absolute Gasteiger partial charge is 0.503 e. The molecule has 2 aliphatic heterocycles. The maximum absolute atomic E-state index is 7.09. The number of aromatic nitrogens is 1. The standard InChI is InChI=1S/C62H72N4O.Pt/c1-36(2)49-20-19-21-50(37(3)4)55(49)66-56(64-61(17)34-43-27-40(7)41(8)28-51(43)62(61,66)18)42-29-45(59(12,13)14)31-48(30-42)67-47-25-38(5)24-46(33-47)65-54-23-22-44(58(9,10)11)32-52(54)60(15,16)53-26-39(6)35-63-57(53)65;/h19-29,31-32,35-37H,34H2,1-18H3;/q-2;+2/t61-,62+;/m1./s1. The van der Waals surface area contributed by atoms with Crippen molar-refractivity contribution in [2.75, 3.05) is 9.80 Å². The molecule has 0 unspecified atom stereocenters. The Balaban J connectivity index is 0.00000625. The Morgan fingerprint density at radius 2 is 1.29 bits per heavy atom. The van der Waals surface area contributed by atoms with Gasteiger partial charge in [0.15, 0.2) is 0 Å². The monoisotopic (exact) mass is 1080 g/mol. The van der Waals surface area contributed by atoms with E-state index in [1.165, 1.54) is 55.8 Å². The second kappa shape index (κ2) is 16.9. The predicted molar refractivity (Wildman–Crippen MR) is 281 cm³/mol. The molecule has 0 spiro atoms. The van der Waals surface area contributed by atoms with Gasteiger partial charge >= 0.3 is 21.1 Å². The molecular formula is C62H72N4OPt. The van der Waals surface area contributed by atoms with Crippen LogP contribution in [0.25, 0.3) is 0 Å². The van der Waals surface area contributed by atoms with E-state index < -0.39 is 11.1 Å². The Morgan fingerprint density at radius 1 is 0.662 bits per heavy atom. The van der Waals surface area contributed by atoms with E-state index in [0.717, 1.165) is 51.7 Å². The second-order valence-electron chi connectivity index (χ2n) is 23.7. The first-order valence-electron chi connectivity index (χ1n) is 24.6. The fourth-order valence-electron chi connectivity index (χ4n) is 11.1. The van der Waals surface area contributed by atoms with Crippen LogP contribution in [0.1, 0.15) is 181 Å². The molecule has 68 heavy (non-hydrogen) atoms. The van der Waals surface area contributed by atoms with E-state index in [1.54, 1.807) is 0 Å². The van der Waals surface area contributed by atoms with E-state index in [0.29, 0.717) is 23.3 Å². The number of aryl methyl sites for hydroxylation is 4. The number of anilines is 4. The zero-order valence-electron chi connectivity index (χ0n) is 44.0. The summed E-state index contributed by atoms with van der Waals surface area (Å²) in [5.41, 5.74) is 18.0. The molecule has 2 atom stereocenters. The third-order valence-electron chi connectivity index (χ3n) is 15.5. The predicted octanol–water partition coefficient (Wildman–Crippen LogP) is 16.2. The number of hydrogen-bond acceptors (Lipinski definition) is 5. The van der Waals surface area contributed by atoms with Crippen molar-refractivity contribution in [1.29, 1.82) is 0 Å². The zero-order chi connectivity index (χ0) is 48.5. The van der Waals surface area contributed by atoms with Gasteiger partial charge in [0.2, 0.25) is 0 Å². The molecule has 0 fully saturated rings. The fourth-order valence-corrected chi connectivity index (χ4v) is 11.1. The Kier molecular flexibility index (Phi) is 12.3. The Labute approximate surface area is 423 Å². The third kappa shape index (κ3) is 7.97. The van der Waals surface area contributed by atoms with Crippen molar-refractivity contribution >= 4 is 28.7 Å². The van der Waals surface area contributed by atoms with Crippen LogP contribution >= 0.6 is 0 Å². The van der Waals surface area contributed by atoms with Gasteiger partial charge in [0, 0.05) is 40.0 Å². The number of nitrogens with zero attached hydrogens (tertiary/aromatic N) is 4. The maximum atomic E-state index is 7.09. The van der Waals surface area contributed by atoms with Crippen molar-refractivity contribution in [3.05, 3.63) is 170 Å². The fraction of sp³-hybridized carbons (Fsp3) is 0.419. The van der Waals surface area contributed by atoms with Gasteiger partial charge < -0.3 is 19.5 Å². The number of para-hydroxylation sites is 1. The first-order chi connectivity index (χ1) is 31.2. The van der Waals surface area contributed by atoms with Gasteiger partial charge in [-0.05, 0) is 126 Å². The number of hydrogen-bond donors (Lipinski definition) is 0. The van der Waals surface area contributed by atoms with Gasteiger partial charge in [-0.15, -0.1) is 35.4 Å². The number of aliphatic imine (C=N–C) groups is 1. The summed E-state index contributed by atoms with van der Waals surface area (Å²) in [6.45, 7) is 41.2. The second-order valence-corrected chi connectivity index (χ2v) is 23.7. The van der Waals surface area contributed by atoms with Crippen molar-refractivity contribution in [3.63, 3.8) is 0 Å². The molecule has 1 aliphatic carbocycles. The van der Waals surface area contributed by atoms with Crippen LogP contribution in [0.3, 0.4) is 0 Å². The quantitative estimate of drug-likeness (QED) is 0.149. The molecule has 0 saturated heterocycles. The number of benzene rings is 5. The first-order valence-corrected chi connectivity index (χ1v) is 24.6. The van der Waals surface area contributed by atoms with E-state index in [4.69, 9.17) is 14.7 Å². The molecule has 6 heteroatoms. The van der Waals surface area contributed by atoms with E-state index in [-0.39, 0.29) is 37.3 Å². The van der Waals surface area contributed by atoms with Gasteiger partial charge in [-0.25, -0.2) is 4.98 Å². The molecule has 0 saturated carbocycles. The number of rotatable bonds is 7. The van der Waals surface area contributed by atoms with Gasteiger partial charge in [-0.3, -0.25) is 0 Å². The minimum absolute atomic E-state index is 0. The zero-order valence-corrected chi connectivity index (χ0v) is 46.2. The third-order valence-corrected chi connectivity index (χ3v) is 15.5. The topological polar surface area (TPSA) is 41.0 Å². The van der Waals surface area contributed by atoms with Crippen LogP contribution in [-0.4, -0.2) is 16.4 Å². The van der Waals surface area contributed by atoms with Crippen LogP contribution in [0, 0.1) is 39.8 Å². The summed E-state index contributed by atoms with van der Waals surface area (Å²) in [7, 11) is 0. The summed E-state index contributed by atoms with van der Waals surface area (Å²) in [5.74, 6) is 3.72. The Bertz CT molecular complexity index is 2990. The van der Waals surface area contributed by atoms with E-state index in [1.807, 2.05) is 6.20 Å². The van der Waals surface area contributed by atoms with Crippen LogP contribution in [0.2, 0.25) is 0 Å². The Hall–Kier alpha value is -4.99. The Morgan fingerprint density at radius 3 is 1.93 bits per heavy atom. The molecule has 3 heterocycles. The first kappa shape index (κ1) is 49.4. The van der Waals surface area contributed by atoms with Crippen molar-refractivity contribution in [2.24, 2.45) is 4.99 Å². The summed E-state index contributed by atoms with van der Waals surface area (Å²) in [5, 5.41) is 0. The van der Waals surface area contributed by atoms with Gasteiger partial charge in [0.25, 0.3) is 0 Å². The molecule has 0 bridgehead atoms. The number of fused-ring (bicyclic) bond motifs is 5. The molecule has 0 radical (unpaired) electrons. The normalized spacial score (nSPS) is 19.4. The SMILES string of the molecule is Cc1cc(Oc2[c-]c(C3=N[C@]4(C)Cc5cc(C)c(C)cc5[C@]4(C)N3c3c(C(C)C)cccc3C(C)C)cc(C(C)(C)C)c2)[c-]c(N2c3ccc(C(C)(C)C)cc3C(C)(C)c3cc(C)cnc32)c1.[Pt+2]. The molecule has 1 aromatic heterocycles. The van der Waals surface area contributed by atoms with Gasteiger partial charge in [0.1, 0.15) is 5.82 Å². The summed E-state index contributed by atoms with van der Waals surface area (Å²) in [4.78, 5) is 16.0. The maximum Gasteiger partial charge on any atom is 2.00 e. The number of ether oxygens (including phenoxy) is 1. The summed E-state index contributed by atoms with van der Waals surface area (Å²) >= 11 is 0. The summed E-state index contributed by atoms with van der Waals surface area (Å²) in [6, 6.07) is 37.4. The largest absolute Gasteiger partial charge is 2.00 e. The average Bonchev–Trinajstić information content (AvgIpc) is 3.59. The summed E-state index contributed by atoms with van der Waals surface area (Å²) < 4.78 is 7.09. The molecule has 0 amide bonds. The van der Waals surface area contributed by atoms with Gasteiger partial charge in [-0.2, -0.15) is 5.56 Å². The molecule has 6 aromatic rings. The molecular weight excluding hydrogens is 1010 g/mol. The van der Waals surface area contributed by atoms with Gasteiger partial charge in [-0.1, -0.05) is 150 Å². The summed E-state index contributed by atoms with van der Waals surface area (Å²) in [6.07, 6.45) is 2.84. The van der Waals surface area contributed by atoms with Crippen molar-refractivity contribution in [2.45, 2.75) is 170 Å². The van der Waals surface area contributed by atoms with E-state index in [9.17, 15) is 0 Å². The average molecular weight is 1080 g/mol. The minimum Gasteiger partial charge on any atom is -0.503 e. The molecule has 9 rings (SSSR count). The van der Waals surface area contributed by atoms with Crippen molar-refractivity contribution < 1.29 is 25.8 Å². The van der Waals surface area contributed by atoms with Crippen LogP contribution < -0.4 is 14.5 Å². The van der Waals surface area contributed by atoms with Crippen LogP contribution in [-0.2, 0) is 49.3 Å². The molecule has 356 valence electrons. The van der Waals surface area contributed by atoms with Crippen molar-refractivity contribution in [3.8, 4) is 11.5 Å². The van der Waals surface area contributed by atoms with Crippen LogP contribution in [0.4, 0.5) is 22.9 Å². The number of amidine groups is 1. The van der Waals surface area contributed by atoms with Crippen molar-refractivity contribution in [1.82, 2.24) is 4.98 Å². The molecule has 0 N–H and O–H groups in total. The van der Waals surface area contributed by atoms with Crippen LogP contribution in [0.5, 0.6) is 11.5 Å².